The van der Waals surface area contributed by atoms with Gasteiger partial charge in [-0.3, -0.25) is 5.41 Å². The zero-order valence-electron chi connectivity index (χ0n) is 8.51. The van der Waals surface area contributed by atoms with Crippen molar-refractivity contribution in [2.45, 2.75) is 31.3 Å². The Bertz CT molecular complexity index is 276. The van der Waals surface area contributed by atoms with E-state index < -0.39 is 24.4 Å². The van der Waals surface area contributed by atoms with E-state index in [1.165, 1.54) is 0 Å². The van der Waals surface area contributed by atoms with Crippen LogP contribution < -0.4 is 5.32 Å². The summed E-state index contributed by atoms with van der Waals surface area (Å²) in [6.07, 6.45) is -5.00. The minimum Gasteiger partial charge on any atom is -0.370 e. The molecular formula is C9H13F3N2O2. The number of amidine groups is 1. The maximum Gasteiger partial charge on any atom is 0.394 e. The molecule has 2 rings (SSSR count). The second-order valence-electron chi connectivity index (χ2n) is 3.99. The standard InChI is InChI=1S/C9H13F3N2O2/c10-9(11,12)5-3-7(13)14-6(5)4-8-15-1-2-16-8/h5-6,8H,1-4H2,(H2,13,14)/t5-,6-/m0/s1. The van der Waals surface area contributed by atoms with Crippen molar-refractivity contribution in [2.75, 3.05) is 13.2 Å². The first-order chi connectivity index (χ1) is 7.47. The van der Waals surface area contributed by atoms with Crippen LogP contribution in [0.4, 0.5) is 13.2 Å². The van der Waals surface area contributed by atoms with Crippen LogP contribution in [0.15, 0.2) is 0 Å². The Labute approximate surface area is 90.6 Å². The van der Waals surface area contributed by atoms with Gasteiger partial charge in [0, 0.05) is 18.9 Å². The van der Waals surface area contributed by atoms with Crippen molar-refractivity contribution in [1.29, 1.82) is 5.41 Å². The van der Waals surface area contributed by atoms with Crippen LogP contribution in [0.25, 0.3) is 0 Å². The molecule has 0 aliphatic carbocycles. The molecular weight excluding hydrogens is 225 g/mol. The second-order valence-corrected chi connectivity index (χ2v) is 3.99. The molecule has 2 fully saturated rings. The third kappa shape index (κ3) is 2.46. The lowest BCUT2D eigenvalue weighted by atomic mass is 9.97. The number of rotatable bonds is 2. The van der Waals surface area contributed by atoms with E-state index in [0.717, 1.165) is 0 Å². The molecule has 0 spiro atoms. The SMILES string of the molecule is N=C1C[C@H](C(F)(F)F)[C@H](CC2OCCO2)N1. The average Bonchev–Trinajstić information content (AvgIpc) is 2.74. The van der Waals surface area contributed by atoms with Gasteiger partial charge < -0.3 is 14.8 Å². The van der Waals surface area contributed by atoms with Crippen molar-refractivity contribution in [3.8, 4) is 0 Å². The summed E-state index contributed by atoms with van der Waals surface area (Å²) < 4.78 is 48.1. The van der Waals surface area contributed by atoms with Gasteiger partial charge in [0.2, 0.25) is 0 Å². The predicted molar refractivity (Wildman–Crippen MR) is 49.1 cm³/mol. The summed E-state index contributed by atoms with van der Waals surface area (Å²) in [5, 5.41) is 9.81. The molecule has 2 saturated heterocycles. The van der Waals surface area contributed by atoms with Gasteiger partial charge in [-0.25, -0.2) is 0 Å². The largest absolute Gasteiger partial charge is 0.394 e. The summed E-state index contributed by atoms with van der Waals surface area (Å²) in [4.78, 5) is 0. The molecule has 2 heterocycles. The topological polar surface area (TPSA) is 54.3 Å². The molecule has 2 aliphatic heterocycles. The van der Waals surface area contributed by atoms with E-state index in [-0.39, 0.29) is 18.7 Å². The van der Waals surface area contributed by atoms with E-state index in [0.29, 0.717) is 13.2 Å². The van der Waals surface area contributed by atoms with Gasteiger partial charge in [-0.05, 0) is 0 Å². The molecule has 2 aliphatic rings. The van der Waals surface area contributed by atoms with Gasteiger partial charge in [-0.2, -0.15) is 13.2 Å². The Hall–Kier alpha value is -0.820. The molecule has 0 aromatic heterocycles. The smallest absolute Gasteiger partial charge is 0.370 e. The van der Waals surface area contributed by atoms with Gasteiger partial charge in [-0.1, -0.05) is 0 Å². The maximum absolute atomic E-state index is 12.6. The normalized spacial score (nSPS) is 32.1. The molecule has 0 unspecified atom stereocenters. The number of halogens is 3. The number of alkyl halides is 3. The van der Waals surface area contributed by atoms with Gasteiger partial charge in [0.15, 0.2) is 6.29 Å². The Morgan fingerprint density at radius 2 is 1.94 bits per heavy atom. The molecule has 2 atom stereocenters. The summed E-state index contributed by atoms with van der Waals surface area (Å²) in [7, 11) is 0. The van der Waals surface area contributed by atoms with Crippen LogP contribution in [-0.4, -0.2) is 37.6 Å². The van der Waals surface area contributed by atoms with Gasteiger partial charge in [0.1, 0.15) is 0 Å². The first-order valence-electron chi connectivity index (χ1n) is 5.10. The fraction of sp³-hybridized carbons (Fsp3) is 0.889. The molecule has 92 valence electrons. The summed E-state index contributed by atoms with van der Waals surface area (Å²) in [5.41, 5.74) is 0. The van der Waals surface area contributed by atoms with Crippen LogP contribution in [0, 0.1) is 11.3 Å². The fourth-order valence-electron chi connectivity index (χ4n) is 2.06. The lowest BCUT2D eigenvalue weighted by Crippen LogP contribution is -2.38. The molecule has 0 radical (unpaired) electrons. The molecule has 0 aromatic rings. The van der Waals surface area contributed by atoms with Crippen molar-refractivity contribution in [3.63, 3.8) is 0 Å². The monoisotopic (exact) mass is 238 g/mol. The molecule has 0 aromatic carbocycles. The van der Waals surface area contributed by atoms with Crippen molar-refractivity contribution < 1.29 is 22.6 Å². The minimum absolute atomic E-state index is 0.0645. The van der Waals surface area contributed by atoms with E-state index in [1.54, 1.807) is 0 Å². The quantitative estimate of drug-likeness (QED) is 0.761. The second kappa shape index (κ2) is 4.21. The van der Waals surface area contributed by atoms with Gasteiger partial charge in [0.05, 0.1) is 25.0 Å². The van der Waals surface area contributed by atoms with Crippen LogP contribution in [0.3, 0.4) is 0 Å². The molecule has 0 bridgehead atoms. The highest BCUT2D eigenvalue weighted by Crippen LogP contribution is 2.36. The van der Waals surface area contributed by atoms with Gasteiger partial charge in [0.25, 0.3) is 0 Å². The lowest BCUT2D eigenvalue weighted by molar-refractivity contribution is -0.180. The van der Waals surface area contributed by atoms with Crippen LogP contribution in [0.2, 0.25) is 0 Å². The maximum atomic E-state index is 12.6. The first-order valence-corrected chi connectivity index (χ1v) is 5.10. The Morgan fingerprint density at radius 3 is 2.50 bits per heavy atom. The highest BCUT2D eigenvalue weighted by molar-refractivity contribution is 5.82. The Kier molecular flexibility index (Phi) is 3.07. The number of nitrogens with one attached hydrogen (secondary N) is 2. The zero-order chi connectivity index (χ0) is 11.8. The first kappa shape index (κ1) is 11.7. The molecule has 7 heteroatoms. The number of hydrogen-bond acceptors (Lipinski definition) is 3. The van der Waals surface area contributed by atoms with Crippen molar-refractivity contribution in [3.05, 3.63) is 0 Å². The van der Waals surface area contributed by atoms with E-state index in [2.05, 4.69) is 5.32 Å². The van der Waals surface area contributed by atoms with Gasteiger partial charge >= 0.3 is 6.18 Å². The van der Waals surface area contributed by atoms with Crippen LogP contribution in [0.1, 0.15) is 12.8 Å². The summed E-state index contributed by atoms with van der Waals surface area (Å²) in [6.45, 7) is 0.844. The van der Waals surface area contributed by atoms with Crippen molar-refractivity contribution in [2.24, 2.45) is 5.92 Å². The van der Waals surface area contributed by atoms with Crippen LogP contribution >= 0.6 is 0 Å². The van der Waals surface area contributed by atoms with E-state index in [1.807, 2.05) is 0 Å². The highest BCUT2D eigenvalue weighted by atomic mass is 19.4. The molecule has 16 heavy (non-hydrogen) atoms. The van der Waals surface area contributed by atoms with Crippen molar-refractivity contribution >= 4 is 5.84 Å². The number of ether oxygens (including phenoxy) is 2. The van der Waals surface area contributed by atoms with E-state index >= 15 is 0 Å². The summed E-state index contributed by atoms with van der Waals surface area (Å²) in [6, 6.07) is -0.810. The van der Waals surface area contributed by atoms with Gasteiger partial charge in [-0.15, -0.1) is 0 Å². The summed E-state index contributed by atoms with van der Waals surface area (Å²) >= 11 is 0. The minimum atomic E-state index is -4.28. The summed E-state index contributed by atoms with van der Waals surface area (Å²) in [5.74, 6) is -1.57. The fourth-order valence-corrected chi connectivity index (χ4v) is 2.06. The van der Waals surface area contributed by atoms with Crippen molar-refractivity contribution in [1.82, 2.24) is 5.32 Å². The van der Waals surface area contributed by atoms with Crippen LogP contribution in [-0.2, 0) is 9.47 Å². The third-order valence-electron chi connectivity index (χ3n) is 2.83. The van der Waals surface area contributed by atoms with Crippen LogP contribution in [0.5, 0.6) is 0 Å². The predicted octanol–water partition coefficient (Wildman–Crippen LogP) is 1.27. The Morgan fingerprint density at radius 1 is 1.31 bits per heavy atom. The average molecular weight is 238 g/mol. The number of hydrogen-bond donors (Lipinski definition) is 2. The Balaban J connectivity index is 1.98. The molecule has 0 amide bonds. The highest BCUT2D eigenvalue weighted by Gasteiger charge is 2.49. The van der Waals surface area contributed by atoms with E-state index in [9.17, 15) is 13.2 Å². The van der Waals surface area contributed by atoms with E-state index in [4.69, 9.17) is 14.9 Å². The molecule has 2 N–H and O–H groups in total. The molecule has 0 saturated carbocycles. The lowest BCUT2D eigenvalue weighted by Gasteiger charge is -2.23. The third-order valence-corrected chi connectivity index (χ3v) is 2.83. The zero-order valence-corrected chi connectivity index (χ0v) is 8.51. The molecule has 4 nitrogen and oxygen atoms in total.